The van der Waals surface area contributed by atoms with Gasteiger partial charge in [0.1, 0.15) is 10.6 Å². The molecule has 0 aliphatic rings. The Morgan fingerprint density at radius 2 is 2.07 bits per heavy atom. The van der Waals surface area contributed by atoms with Gasteiger partial charge in [-0.05, 0) is 35.9 Å². The fraction of sp³-hybridized carbons (Fsp3) is 0.100. The Bertz CT molecular complexity index is 1220. The predicted molar refractivity (Wildman–Crippen MR) is 111 cm³/mol. The van der Waals surface area contributed by atoms with Crippen molar-refractivity contribution in [2.75, 3.05) is 14.2 Å². The van der Waals surface area contributed by atoms with E-state index in [4.69, 9.17) is 25.5 Å². The molecule has 0 bridgehead atoms. The molecule has 3 aromatic heterocycles. The van der Waals surface area contributed by atoms with Crippen molar-refractivity contribution < 1.29 is 13.9 Å². The van der Waals surface area contributed by atoms with E-state index in [1.54, 1.807) is 50.8 Å². The number of halogens is 1. The normalized spacial score (nSPS) is 11.8. The highest BCUT2D eigenvalue weighted by atomic mass is 35.5. The zero-order valence-electron chi connectivity index (χ0n) is 15.0. The second kappa shape index (κ2) is 7.53. The van der Waals surface area contributed by atoms with Crippen molar-refractivity contribution in [1.82, 2.24) is 9.97 Å². The largest absolute Gasteiger partial charge is 0.493 e. The van der Waals surface area contributed by atoms with Gasteiger partial charge in [0, 0.05) is 10.9 Å². The monoisotopic (exact) mass is 414 g/mol. The van der Waals surface area contributed by atoms with Gasteiger partial charge in [-0.3, -0.25) is 4.79 Å². The van der Waals surface area contributed by atoms with E-state index in [0.717, 1.165) is 5.56 Å². The van der Waals surface area contributed by atoms with Gasteiger partial charge in [0.05, 0.1) is 30.9 Å². The van der Waals surface area contributed by atoms with Gasteiger partial charge in [-0.1, -0.05) is 17.7 Å². The fourth-order valence-electron chi connectivity index (χ4n) is 2.83. The highest BCUT2D eigenvalue weighted by molar-refractivity contribution is 7.17. The first kappa shape index (κ1) is 18.3. The fourth-order valence-corrected chi connectivity index (χ4v) is 3.98. The maximum absolute atomic E-state index is 12.7. The lowest BCUT2D eigenvalue weighted by molar-refractivity contribution is 0.355. The molecule has 0 spiro atoms. The van der Waals surface area contributed by atoms with Gasteiger partial charge < -0.3 is 18.9 Å². The van der Waals surface area contributed by atoms with Crippen LogP contribution in [0.2, 0.25) is 0 Å². The van der Waals surface area contributed by atoms with E-state index in [-0.39, 0.29) is 5.56 Å². The second-order valence-corrected chi connectivity index (χ2v) is 7.09. The molecule has 1 N–H and O–H groups in total. The van der Waals surface area contributed by atoms with Crippen molar-refractivity contribution in [2.24, 2.45) is 0 Å². The van der Waals surface area contributed by atoms with Crippen LogP contribution in [0.3, 0.4) is 0 Å². The molecule has 0 aliphatic heterocycles. The van der Waals surface area contributed by atoms with E-state index in [9.17, 15) is 4.79 Å². The van der Waals surface area contributed by atoms with E-state index in [1.165, 1.54) is 11.3 Å². The topological polar surface area (TPSA) is 77.4 Å². The van der Waals surface area contributed by atoms with Crippen molar-refractivity contribution in [3.05, 3.63) is 63.7 Å². The van der Waals surface area contributed by atoms with Crippen LogP contribution < -0.4 is 15.0 Å². The SMILES string of the molecule is COc1ccc(/C=C(\Cl)c2nc3scc(-c4ccco4)c3c(=O)[nH]2)cc1OC. The van der Waals surface area contributed by atoms with Crippen LogP contribution in [0.4, 0.5) is 0 Å². The third-order valence-electron chi connectivity index (χ3n) is 4.16. The van der Waals surface area contributed by atoms with Crippen molar-refractivity contribution >= 4 is 44.3 Å². The predicted octanol–water partition coefficient (Wildman–Crippen LogP) is 5.00. The molecule has 0 radical (unpaired) electrons. The van der Waals surface area contributed by atoms with Gasteiger partial charge >= 0.3 is 0 Å². The molecule has 28 heavy (non-hydrogen) atoms. The minimum atomic E-state index is -0.272. The van der Waals surface area contributed by atoms with Crippen molar-refractivity contribution in [2.45, 2.75) is 0 Å². The van der Waals surface area contributed by atoms with Crippen LogP contribution in [-0.4, -0.2) is 24.2 Å². The Hall–Kier alpha value is -3.03. The minimum Gasteiger partial charge on any atom is -0.493 e. The molecule has 0 unspecified atom stereocenters. The van der Waals surface area contributed by atoms with Crippen LogP contribution >= 0.6 is 22.9 Å². The van der Waals surface area contributed by atoms with E-state index in [2.05, 4.69) is 9.97 Å². The number of hydrogen-bond acceptors (Lipinski definition) is 6. The minimum absolute atomic E-state index is 0.272. The average molecular weight is 415 g/mol. The summed E-state index contributed by atoms with van der Waals surface area (Å²) in [4.78, 5) is 20.5. The van der Waals surface area contributed by atoms with E-state index >= 15 is 0 Å². The number of thiophene rings is 1. The van der Waals surface area contributed by atoms with Crippen LogP contribution in [0, 0.1) is 0 Å². The third-order valence-corrected chi connectivity index (χ3v) is 5.32. The first-order valence-corrected chi connectivity index (χ1v) is 9.51. The molecule has 0 amide bonds. The smallest absolute Gasteiger partial charge is 0.260 e. The molecule has 6 nitrogen and oxygen atoms in total. The first-order valence-electron chi connectivity index (χ1n) is 8.25. The number of methoxy groups -OCH3 is 2. The first-order chi connectivity index (χ1) is 13.6. The van der Waals surface area contributed by atoms with E-state index in [1.807, 2.05) is 11.4 Å². The maximum Gasteiger partial charge on any atom is 0.260 e. The number of aromatic amines is 1. The van der Waals surface area contributed by atoms with Crippen molar-refractivity contribution in [3.63, 3.8) is 0 Å². The number of rotatable bonds is 5. The number of H-pyrrole nitrogens is 1. The van der Waals surface area contributed by atoms with E-state index < -0.39 is 0 Å². The lowest BCUT2D eigenvalue weighted by atomic mass is 10.2. The Labute approximate surface area is 169 Å². The molecule has 1 aromatic carbocycles. The number of nitrogens with one attached hydrogen (secondary N) is 1. The maximum atomic E-state index is 12.7. The number of nitrogens with zero attached hydrogens (tertiary/aromatic N) is 1. The number of fused-ring (bicyclic) bond motifs is 1. The molecule has 3 heterocycles. The number of furan rings is 1. The number of aromatic nitrogens is 2. The third kappa shape index (κ3) is 3.30. The standard InChI is InChI=1S/C20H15ClN2O4S/c1-25-15-6-5-11(9-16(15)26-2)8-13(21)18-22-19(24)17-12(10-28-20(17)23-18)14-4-3-7-27-14/h3-10H,1-2H3,(H,22,23,24)/b13-8-. The zero-order chi connectivity index (χ0) is 19.7. The second-order valence-electron chi connectivity index (χ2n) is 5.83. The summed E-state index contributed by atoms with van der Waals surface area (Å²) >= 11 is 7.79. The summed E-state index contributed by atoms with van der Waals surface area (Å²) in [6, 6.07) is 8.98. The zero-order valence-corrected chi connectivity index (χ0v) is 16.6. The van der Waals surface area contributed by atoms with Crippen LogP contribution in [0.1, 0.15) is 11.4 Å². The van der Waals surface area contributed by atoms with Gasteiger partial charge in [0.2, 0.25) is 0 Å². The lowest BCUT2D eigenvalue weighted by Crippen LogP contribution is -2.10. The summed E-state index contributed by atoms with van der Waals surface area (Å²) in [5, 5.41) is 2.64. The van der Waals surface area contributed by atoms with Gasteiger partial charge in [-0.15, -0.1) is 11.3 Å². The summed E-state index contributed by atoms with van der Waals surface area (Å²) in [7, 11) is 3.13. The Kier molecular flexibility index (Phi) is 4.93. The molecule has 0 saturated heterocycles. The molecule has 4 rings (SSSR count). The molecule has 0 fully saturated rings. The molecule has 142 valence electrons. The van der Waals surface area contributed by atoms with Crippen molar-refractivity contribution in [3.8, 4) is 22.8 Å². The Morgan fingerprint density at radius 1 is 1.25 bits per heavy atom. The molecular formula is C20H15ClN2O4S. The lowest BCUT2D eigenvalue weighted by Gasteiger charge is -2.08. The summed E-state index contributed by atoms with van der Waals surface area (Å²) < 4.78 is 15.9. The molecule has 0 aliphatic carbocycles. The molecule has 0 atom stereocenters. The average Bonchev–Trinajstić information content (AvgIpc) is 3.37. The van der Waals surface area contributed by atoms with Crippen LogP contribution in [0.5, 0.6) is 11.5 Å². The van der Waals surface area contributed by atoms with Gasteiger partial charge in [0.15, 0.2) is 17.3 Å². The highest BCUT2D eigenvalue weighted by Crippen LogP contribution is 2.33. The van der Waals surface area contributed by atoms with Crippen molar-refractivity contribution in [1.29, 1.82) is 0 Å². The summed E-state index contributed by atoms with van der Waals surface area (Å²) in [5.41, 5.74) is 1.23. The summed E-state index contributed by atoms with van der Waals surface area (Å²) in [5.74, 6) is 2.12. The number of ether oxygens (including phenoxy) is 2. The van der Waals surface area contributed by atoms with Crippen LogP contribution in [0.15, 0.2) is 51.2 Å². The molecule has 4 aromatic rings. The Balaban J connectivity index is 1.75. The van der Waals surface area contributed by atoms with Crippen LogP contribution in [0.25, 0.3) is 32.6 Å². The highest BCUT2D eigenvalue weighted by Gasteiger charge is 2.15. The summed E-state index contributed by atoms with van der Waals surface area (Å²) in [6.45, 7) is 0. The number of benzene rings is 1. The molecular weight excluding hydrogens is 400 g/mol. The van der Waals surface area contributed by atoms with Gasteiger partial charge in [-0.25, -0.2) is 4.98 Å². The molecule has 0 saturated carbocycles. The Morgan fingerprint density at radius 3 is 2.79 bits per heavy atom. The van der Waals surface area contributed by atoms with E-state index in [0.29, 0.717) is 43.9 Å². The van der Waals surface area contributed by atoms with Gasteiger partial charge in [-0.2, -0.15) is 0 Å². The number of hydrogen-bond donors (Lipinski definition) is 1. The van der Waals surface area contributed by atoms with Crippen LogP contribution in [-0.2, 0) is 0 Å². The molecule has 8 heteroatoms. The summed E-state index contributed by atoms with van der Waals surface area (Å²) in [6.07, 6.45) is 3.27. The quantitative estimate of drug-likeness (QED) is 0.497. The van der Waals surface area contributed by atoms with Gasteiger partial charge in [0.25, 0.3) is 5.56 Å².